The molecule has 2 atom stereocenters. The zero-order valence-electron chi connectivity index (χ0n) is 24.6. The molecule has 1 N–H and O–H groups in total. The van der Waals surface area contributed by atoms with Crippen LogP contribution in [0.15, 0.2) is 123 Å². The summed E-state index contributed by atoms with van der Waals surface area (Å²) in [6, 6.07) is 30.8. The van der Waals surface area contributed by atoms with E-state index < -0.39 is 28.5 Å². The Balaban J connectivity index is 1.80. The van der Waals surface area contributed by atoms with Gasteiger partial charge in [-0.25, -0.2) is 8.42 Å². The smallest absolute Gasteiger partial charge is 0.264 e. The number of amides is 2. The van der Waals surface area contributed by atoms with Crippen molar-refractivity contribution in [3.05, 3.63) is 129 Å². The van der Waals surface area contributed by atoms with Crippen molar-refractivity contribution in [2.45, 2.75) is 50.2 Å². The maximum Gasteiger partial charge on any atom is 0.264 e. The van der Waals surface area contributed by atoms with E-state index >= 15 is 0 Å². The quantitative estimate of drug-likeness (QED) is 0.161. The van der Waals surface area contributed by atoms with Gasteiger partial charge in [0.1, 0.15) is 12.6 Å². The first kappa shape index (κ1) is 33.4. The average Bonchev–Trinajstić information content (AvgIpc) is 3.02. The van der Waals surface area contributed by atoms with Crippen LogP contribution in [0.5, 0.6) is 0 Å². The fourth-order valence-electron chi connectivity index (χ4n) is 4.68. The number of benzene rings is 4. The van der Waals surface area contributed by atoms with Gasteiger partial charge in [0.2, 0.25) is 11.8 Å². The van der Waals surface area contributed by atoms with E-state index in [2.05, 4.69) is 37.2 Å². The molecule has 0 aliphatic heterocycles. The van der Waals surface area contributed by atoms with Gasteiger partial charge in [-0.3, -0.25) is 13.9 Å². The Labute approximate surface area is 276 Å². The Bertz CT molecular complexity index is 1650. The first-order chi connectivity index (χ1) is 21.1. The van der Waals surface area contributed by atoms with Crippen LogP contribution in [-0.2, 0) is 32.6 Å². The van der Waals surface area contributed by atoms with Crippen LogP contribution in [0.1, 0.15) is 31.4 Å². The van der Waals surface area contributed by atoms with Crippen LogP contribution in [0.25, 0.3) is 0 Å². The highest BCUT2D eigenvalue weighted by Crippen LogP contribution is 2.27. The summed E-state index contributed by atoms with van der Waals surface area (Å²) in [6.45, 7) is 3.49. The molecule has 0 heterocycles. The minimum atomic E-state index is -4.14. The Morgan fingerprint density at radius 2 is 1.41 bits per heavy atom. The molecular formula is C34H35Br2N3O4S. The molecule has 4 aromatic rings. The first-order valence-electron chi connectivity index (χ1n) is 14.3. The molecule has 0 unspecified atom stereocenters. The van der Waals surface area contributed by atoms with Crippen molar-refractivity contribution in [2.24, 2.45) is 0 Å². The molecule has 0 aliphatic carbocycles. The molecule has 0 fully saturated rings. The number of anilines is 1. The van der Waals surface area contributed by atoms with Gasteiger partial charge in [0, 0.05) is 28.0 Å². The average molecular weight is 742 g/mol. The van der Waals surface area contributed by atoms with Gasteiger partial charge in [0.05, 0.1) is 10.6 Å². The monoisotopic (exact) mass is 739 g/mol. The second-order valence-corrected chi connectivity index (χ2v) is 14.2. The zero-order chi connectivity index (χ0) is 31.7. The van der Waals surface area contributed by atoms with Crippen molar-refractivity contribution in [1.82, 2.24) is 10.2 Å². The predicted octanol–water partition coefficient (Wildman–Crippen LogP) is 6.96. The van der Waals surface area contributed by atoms with E-state index in [0.29, 0.717) is 5.69 Å². The summed E-state index contributed by atoms with van der Waals surface area (Å²) in [5, 5.41) is 3.05. The zero-order valence-corrected chi connectivity index (χ0v) is 28.6. The third kappa shape index (κ3) is 8.80. The minimum Gasteiger partial charge on any atom is -0.352 e. The number of nitrogens with one attached hydrogen (secondary N) is 1. The van der Waals surface area contributed by atoms with Crippen LogP contribution in [0.4, 0.5) is 5.69 Å². The number of carbonyl (C=O) groups excluding carboxylic acids is 2. The van der Waals surface area contributed by atoms with Gasteiger partial charge in [-0.2, -0.15) is 0 Å². The SMILES string of the molecule is CC[C@H](C)NC(=O)[C@@H](Cc1ccccc1)N(Cc1cccc(Br)c1)C(=O)CN(c1ccc(Br)cc1)S(=O)(=O)c1ccccc1. The van der Waals surface area contributed by atoms with Gasteiger partial charge in [-0.1, -0.05) is 99.4 Å². The van der Waals surface area contributed by atoms with Crippen molar-refractivity contribution in [1.29, 1.82) is 0 Å². The van der Waals surface area contributed by atoms with E-state index in [1.54, 1.807) is 42.5 Å². The number of carbonyl (C=O) groups is 2. The largest absolute Gasteiger partial charge is 0.352 e. The van der Waals surface area contributed by atoms with Crippen molar-refractivity contribution in [2.75, 3.05) is 10.8 Å². The molecule has 10 heteroatoms. The van der Waals surface area contributed by atoms with Gasteiger partial charge >= 0.3 is 0 Å². The molecule has 0 aliphatic rings. The van der Waals surface area contributed by atoms with Crippen LogP contribution in [0.3, 0.4) is 0 Å². The second kappa shape index (κ2) is 15.5. The van der Waals surface area contributed by atoms with E-state index in [0.717, 1.165) is 30.8 Å². The van der Waals surface area contributed by atoms with Crippen molar-refractivity contribution < 1.29 is 18.0 Å². The third-order valence-corrected chi connectivity index (χ3v) is 10.0. The number of rotatable bonds is 13. The lowest BCUT2D eigenvalue weighted by Crippen LogP contribution is -2.54. The summed E-state index contributed by atoms with van der Waals surface area (Å²) in [7, 11) is -4.14. The predicted molar refractivity (Wildman–Crippen MR) is 182 cm³/mol. The number of hydrogen-bond acceptors (Lipinski definition) is 4. The summed E-state index contributed by atoms with van der Waals surface area (Å²) >= 11 is 6.91. The van der Waals surface area contributed by atoms with Crippen molar-refractivity contribution in [3.63, 3.8) is 0 Å². The fourth-order valence-corrected chi connectivity index (χ4v) is 6.83. The molecule has 4 rings (SSSR count). The van der Waals surface area contributed by atoms with E-state index in [-0.39, 0.29) is 29.8 Å². The molecule has 230 valence electrons. The maximum atomic E-state index is 14.5. The molecule has 0 aromatic heterocycles. The number of hydrogen-bond donors (Lipinski definition) is 1. The van der Waals surface area contributed by atoms with E-state index in [4.69, 9.17) is 0 Å². The Morgan fingerprint density at radius 3 is 2.02 bits per heavy atom. The van der Waals surface area contributed by atoms with Gasteiger partial charge in [-0.05, 0) is 73.0 Å². The van der Waals surface area contributed by atoms with E-state index in [1.165, 1.54) is 17.0 Å². The van der Waals surface area contributed by atoms with Gasteiger partial charge in [0.15, 0.2) is 0 Å². The normalized spacial score (nSPS) is 12.6. The molecule has 2 amide bonds. The lowest BCUT2D eigenvalue weighted by Gasteiger charge is -2.34. The molecule has 7 nitrogen and oxygen atoms in total. The Kier molecular flexibility index (Phi) is 11.8. The topological polar surface area (TPSA) is 86.8 Å². The van der Waals surface area contributed by atoms with Gasteiger partial charge in [-0.15, -0.1) is 0 Å². The maximum absolute atomic E-state index is 14.5. The summed E-state index contributed by atoms with van der Waals surface area (Å²) in [6.07, 6.45) is 0.975. The van der Waals surface area contributed by atoms with Crippen molar-refractivity contribution >= 4 is 59.4 Å². The Hall–Kier alpha value is -3.47. The van der Waals surface area contributed by atoms with Crippen LogP contribution >= 0.6 is 31.9 Å². The highest BCUT2D eigenvalue weighted by atomic mass is 79.9. The van der Waals surface area contributed by atoms with Crippen molar-refractivity contribution in [3.8, 4) is 0 Å². The summed E-state index contributed by atoms with van der Waals surface area (Å²) in [5.74, 6) is -0.805. The minimum absolute atomic E-state index is 0.0598. The molecule has 0 bridgehead atoms. The van der Waals surface area contributed by atoms with Crippen LogP contribution in [-0.4, -0.2) is 43.8 Å². The summed E-state index contributed by atoms with van der Waals surface area (Å²) < 4.78 is 30.7. The number of nitrogens with zero attached hydrogens (tertiary/aromatic N) is 2. The standard InChI is InChI=1S/C34H35Br2N3O4S/c1-3-25(2)37-34(41)32(22-26-11-6-4-7-12-26)38(23-27-13-10-14-29(36)21-27)33(40)24-39(30-19-17-28(35)18-20-30)44(42,43)31-15-8-5-9-16-31/h4-21,25,32H,3,22-24H2,1-2H3,(H,37,41)/t25-,32+/m0/s1. The fraction of sp³-hybridized carbons (Fsp3) is 0.235. The van der Waals surface area contributed by atoms with E-state index in [1.807, 2.05) is 68.4 Å². The van der Waals surface area contributed by atoms with Crippen LogP contribution in [0, 0.1) is 0 Å². The molecule has 0 spiro atoms. The molecule has 0 saturated heterocycles. The van der Waals surface area contributed by atoms with Crippen LogP contribution < -0.4 is 9.62 Å². The van der Waals surface area contributed by atoms with E-state index in [9.17, 15) is 18.0 Å². The second-order valence-electron chi connectivity index (χ2n) is 10.5. The molecular weight excluding hydrogens is 706 g/mol. The number of sulfonamides is 1. The summed E-state index contributed by atoms with van der Waals surface area (Å²) in [5.41, 5.74) is 2.00. The highest BCUT2D eigenvalue weighted by molar-refractivity contribution is 9.10. The molecule has 4 aromatic carbocycles. The third-order valence-electron chi connectivity index (χ3n) is 7.24. The summed E-state index contributed by atoms with van der Waals surface area (Å²) in [4.78, 5) is 29.9. The van der Waals surface area contributed by atoms with Gasteiger partial charge in [0.25, 0.3) is 10.0 Å². The lowest BCUT2D eigenvalue weighted by molar-refractivity contribution is -0.140. The Morgan fingerprint density at radius 1 is 0.795 bits per heavy atom. The first-order valence-corrected chi connectivity index (χ1v) is 17.3. The lowest BCUT2D eigenvalue weighted by atomic mass is 10.0. The van der Waals surface area contributed by atoms with Crippen LogP contribution in [0.2, 0.25) is 0 Å². The van der Waals surface area contributed by atoms with Gasteiger partial charge < -0.3 is 10.2 Å². The number of halogens is 2. The highest BCUT2D eigenvalue weighted by Gasteiger charge is 2.35. The molecule has 44 heavy (non-hydrogen) atoms. The molecule has 0 saturated carbocycles. The molecule has 0 radical (unpaired) electrons.